The molecule has 0 radical (unpaired) electrons. The Labute approximate surface area is 110 Å². The average Bonchev–Trinajstić information content (AvgIpc) is 3.08. The van der Waals surface area contributed by atoms with E-state index in [0.717, 1.165) is 16.1 Å². The van der Waals surface area contributed by atoms with Crippen LogP contribution in [0.5, 0.6) is 0 Å². The molecular weight excluding hydrogens is 250 g/mol. The van der Waals surface area contributed by atoms with Crippen molar-refractivity contribution in [2.75, 3.05) is 0 Å². The first-order valence-corrected chi connectivity index (χ1v) is 6.42. The highest BCUT2D eigenvalue weighted by atomic mass is 35.5. The van der Waals surface area contributed by atoms with Crippen molar-refractivity contribution in [3.8, 4) is 11.5 Å². The minimum Gasteiger partial charge on any atom is -0.334 e. The van der Waals surface area contributed by atoms with Crippen molar-refractivity contribution in [3.63, 3.8) is 0 Å². The molecule has 18 heavy (non-hydrogen) atoms. The molecule has 0 spiro atoms. The maximum absolute atomic E-state index is 5.99. The molecule has 0 saturated heterocycles. The smallest absolute Gasteiger partial charge is 0.257 e. The number of halogens is 1. The zero-order chi connectivity index (χ0) is 12.5. The van der Waals surface area contributed by atoms with Crippen molar-refractivity contribution in [2.45, 2.75) is 32.4 Å². The molecule has 0 unspecified atom stereocenters. The zero-order valence-electron chi connectivity index (χ0n) is 10.1. The van der Waals surface area contributed by atoms with E-state index in [4.69, 9.17) is 16.1 Å². The number of aromatic nitrogens is 2. The quantitative estimate of drug-likeness (QED) is 0.921. The highest BCUT2D eigenvalue weighted by Gasteiger charge is 2.21. The Balaban J connectivity index is 1.76. The van der Waals surface area contributed by atoms with Gasteiger partial charge in [-0.2, -0.15) is 4.98 Å². The Morgan fingerprint density at radius 1 is 1.44 bits per heavy atom. The molecule has 1 saturated carbocycles. The topological polar surface area (TPSA) is 51.0 Å². The molecule has 1 aromatic heterocycles. The van der Waals surface area contributed by atoms with Crippen LogP contribution in [0.2, 0.25) is 5.02 Å². The summed E-state index contributed by atoms with van der Waals surface area (Å²) in [4.78, 5) is 4.37. The summed E-state index contributed by atoms with van der Waals surface area (Å²) >= 11 is 5.99. The molecule has 94 valence electrons. The van der Waals surface area contributed by atoms with Crippen LogP contribution in [0.3, 0.4) is 0 Å². The summed E-state index contributed by atoms with van der Waals surface area (Å²) in [5, 5.41) is 8.06. The van der Waals surface area contributed by atoms with Crippen LogP contribution >= 0.6 is 11.6 Å². The molecule has 4 nitrogen and oxygen atoms in total. The highest BCUT2D eigenvalue weighted by Crippen LogP contribution is 2.24. The molecule has 1 aliphatic rings. The second-order valence-corrected chi connectivity index (χ2v) is 5.04. The Bertz CT molecular complexity index is 563. The molecule has 0 bridgehead atoms. The van der Waals surface area contributed by atoms with E-state index in [-0.39, 0.29) is 0 Å². The number of hydrogen-bond donors (Lipinski definition) is 1. The molecule has 0 amide bonds. The standard InChI is InChI=1S/C13H14ClN3O/c1-8-6-9(2-5-11(8)14)13-16-12(17-18-13)7-15-10-3-4-10/h2,5-6,10,15H,3-4,7H2,1H3. The first kappa shape index (κ1) is 11.7. The minimum atomic E-state index is 0.544. The lowest BCUT2D eigenvalue weighted by molar-refractivity contribution is 0.419. The average molecular weight is 264 g/mol. The van der Waals surface area contributed by atoms with Crippen LogP contribution in [0.4, 0.5) is 0 Å². The fourth-order valence-corrected chi connectivity index (χ4v) is 1.86. The fraction of sp³-hybridized carbons (Fsp3) is 0.385. The van der Waals surface area contributed by atoms with Gasteiger partial charge in [0.2, 0.25) is 0 Å². The molecular formula is C13H14ClN3O. The summed E-state index contributed by atoms with van der Waals surface area (Å²) in [5.74, 6) is 1.24. The van der Waals surface area contributed by atoms with Gasteiger partial charge in [-0.25, -0.2) is 0 Å². The molecule has 1 aliphatic carbocycles. The molecule has 3 rings (SSSR count). The monoisotopic (exact) mass is 263 g/mol. The van der Waals surface area contributed by atoms with E-state index in [1.165, 1.54) is 12.8 Å². The Hall–Kier alpha value is -1.39. The molecule has 1 fully saturated rings. The Kier molecular flexibility index (Phi) is 3.06. The molecule has 5 heteroatoms. The van der Waals surface area contributed by atoms with E-state index in [9.17, 15) is 0 Å². The lowest BCUT2D eigenvalue weighted by Crippen LogP contribution is -2.16. The van der Waals surface area contributed by atoms with Gasteiger partial charge < -0.3 is 9.84 Å². The SMILES string of the molecule is Cc1cc(-c2nc(CNC3CC3)no2)ccc1Cl. The van der Waals surface area contributed by atoms with Gasteiger partial charge in [0, 0.05) is 16.6 Å². The molecule has 0 aliphatic heterocycles. The van der Waals surface area contributed by atoms with Crippen LogP contribution in [0.25, 0.3) is 11.5 Å². The van der Waals surface area contributed by atoms with E-state index in [0.29, 0.717) is 24.3 Å². The Morgan fingerprint density at radius 3 is 3.00 bits per heavy atom. The van der Waals surface area contributed by atoms with Crippen LogP contribution in [-0.2, 0) is 6.54 Å². The minimum absolute atomic E-state index is 0.544. The van der Waals surface area contributed by atoms with Gasteiger partial charge in [-0.3, -0.25) is 0 Å². The number of rotatable bonds is 4. The van der Waals surface area contributed by atoms with Crippen molar-refractivity contribution in [2.24, 2.45) is 0 Å². The number of nitrogens with zero attached hydrogens (tertiary/aromatic N) is 2. The highest BCUT2D eigenvalue weighted by molar-refractivity contribution is 6.31. The number of nitrogens with one attached hydrogen (secondary N) is 1. The lowest BCUT2D eigenvalue weighted by atomic mass is 10.1. The maximum Gasteiger partial charge on any atom is 0.257 e. The van der Waals surface area contributed by atoms with Gasteiger partial charge in [-0.1, -0.05) is 16.8 Å². The number of aryl methyl sites for hydroxylation is 1. The van der Waals surface area contributed by atoms with E-state index in [1.807, 2.05) is 25.1 Å². The first-order valence-electron chi connectivity index (χ1n) is 6.05. The van der Waals surface area contributed by atoms with E-state index in [2.05, 4.69) is 15.5 Å². The Morgan fingerprint density at radius 2 is 2.28 bits per heavy atom. The first-order chi connectivity index (χ1) is 8.72. The van der Waals surface area contributed by atoms with Crippen molar-refractivity contribution < 1.29 is 4.52 Å². The third-order valence-electron chi connectivity index (χ3n) is 3.00. The predicted octanol–water partition coefficient (Wildman–Crippen LogP) is 2.95. The molecule has 0 atom stereocenters. The summed E-state index contributed by atoms with van der Waals surface area (Å²) in [7, 11) is 0. The molecule has 1 N–H and O–H groups in total. The van der Waals surface area contributed by atoms with Gasteiger partial charge >= 0.3 is 0 Å². The summed E-state index contributed by atoms with van der Waals surface area (Å²) in [5.41, 5.74) is 1.91. The van der Waals surface area contributed by atoms with E-state index >= 15 is 0 Å². The fourth-order valence-electron chi connectivity index (χ4n) is 1.74. The van der Waals surface area contributed by atoms with E-state index in [1.54, 1.807) is 0 Å². The second kappa shape index (κ2) is 4.71. The van der Waals surface area contributed by atoms with Crippen molar-refractivity contribution in [3.05, 3.63) is 34.6 Å². The van der Waals surface area contributed by atoms with Crippen LogP contribution in [0.15, 0.2) is 22.7 Å². The zero-order valence-corrected chi connectivity index (χ0v) is 10.9. The van der Waals surface area contributed by atoms with Crippen LogP contribution in [-0.4, -0.2) is 16.2 Å². The number of hydrogen-bond acceptors (Lipinski definition) is 4. The second-order valence-electron chi connectivity index (χ2n) is 4.63. The normalized spacial score (nSPS) is 15.0. The summed E-state index contributed by atoms with van der Waals surface area (Å²) in [6, 6.07) is 6.33. The predicted molar refractivity (Wildman–Crippen MR) is 69.3 cm³/mol. The van der Waals surface area contributed by atoms with Crippen molar-refractivity contribution in [1.29, 1.82) is 0 Å². The lowest BCUT2D eigenvalue weighted by Gasteiger charge is -1.99. The van der Waals surface area contributed by atoms with Gasteiger partial charge in [0.05, 0.1) is 6.54 Å². The molecule has 2 aromatic rings. The van der Waals surface area contributed by atoms with Crippen LogP contribution in [0, 0.1) is 6.92 Å². The molecule has 1 aromatic carbocycles. The van der Waals surface area contributed by atoms with Gasteiger partial charge in [-0.15, -0.1) is 0 Å². The largest absolute Gasteiger partial charge is 0.334 e. The summed E-state index contributed by atoms with van der Waals surface area (Å²) < 4.78 is 5.25. The van der Waals surface area contributed by atoms with E-state index < -0.39 is 0 Å². The summed E-state index contributed by atoms with van der Waals surface area (Å²) in [6.45, 7) is 2.62. The van der Waals surface area contributed by atoms with Crippen molar-refractivity contribution in [1.82, 2.24) is 15.5 Å². The summed E-state index contributed by atoms with van der Waals surface area (Å²) in [6.07, 6.45) is 2.50. The molecule has 1 heterocycles. The van der Waals surface area contributed by atoms with Crippen LogP contribution in [0.1, 0.15) is 24.2 Å². The van der Waals surface area contributed by atoms with Gasteiger partial charge in [0.1, 0.15) is 0 Å². The maximum atomic E-state index is 5.99. The third kappa shape index (κ3) is 2.54. The third-order valence-corrected chi connectivity index (χ3v) is 3.42. The van der Waals surface area contributed by atoms with Crippen LogP contribution < -0.4 is 5.32 Å². The van der Waals surface area contributed by atoms with Gasteiger partial charge in [0.25, 0.3) is 5.89 Å². The van der Waals surface area contributed by atoms with Gasteiger partial charge in [0.15, 0.2) is 5.82 Å². The van der Waals surface area contributed by atoms with Gasteiger partial charge in [-0.05, 0) is 43.5 Å². The number of benzene rings is 1. The van der Waals surface area contributed by atoms with Crippen molar-refractivity contribution >= 4 is 11.6 Å².